The molecule has 30 heavy (non-hydrogen) atoms. The molecular formula is C21H27N3O3S3. The first-order valence-electron chi connectivity index (χ1n) is 10.00. The van der Waals surface area contributed by atoms with Gasteiger partial charge in [0.2, 0.25) is 0 Å². The molecule has 3 rings (SSSR count). The predicted octanol–water partition coefficient (Wildman–Crippen LogP) is 5.91. The van der Waals surface area contributed by atoms with Crippen molar-refractivity contribution >= 4 is 57.7 Å². The van der Waals surface area contributed by atoms with Gasteiger partial charge in [0.15, 0.2) is 5.13 Å². The summed E-state index contributed by atoms with van der Waals surface area (Å²) in [7, 11) is 0. The fourth-order valence-corrected chi connectivity index (χ4v) is 5.65. The highest BCUT2D eigenvalue weighted by atomic mass is 32.2. The summed E-state index contributed by atoms with van der Waals surface area (Å²) in [6, 6.07) is 7.89. The first-order valence-corrected chi connectivity index (χ1v) is 13.0. The molecule has 0 aliphatic heterocycles. The Morgan fingerprint density at radius 1 is 1.30 bits per heavy atom. The quantitative estimate of drug-likeness (QED) is 0.448. The average Bonchev–Trinajstić information content (AvgIpc) is 3.42. The van der Waals surface area contributed by atoms with E-state index >= 15 is 0 Å². The van der Waals surface area contributed by atoms with E-state index in [-0.39, 0.29) is 6.03 Å². The van der Waals surface area contributed by atoms with Crippen molar-refractivity contribution in [3.63, 3.8) is 0 Å². The van der Waals surface area contributed by atoms with Crippen LogP contribution in [0.3, 0.4) is 0 Å². The number of hydrogen-bond donors (Lipinski definition) is 2. The third-order valence-electron chi connectivity index (χ3n) is 5.14. The van der Waals surface area contributed by atoms with E-state index in [1.54, 1.807) is 24.9 Å². The fraction of sp³-hybridized carbons (Fsp3) is 0.476. The van der Waals surface area contributed by atoms with E-state index in [1.165, 1.54) is 35.9 Å². The summed E-state index contributed by atoms with van der Waals surface area (Å²) in [4.78, 5) is 31.4. The molecule has 1 aliphatic rings. The second-order valence-corrected chi connectivity index (χ2v) is 10.7. The Kier molecular flexibility index (Phi) is 8.47. The Bertz CT molecular complexity index is 851. The smallest absolute Gasteiger partial charge is 0.328 e. The third kappa shape index (κ3) is 6.39. The van der Waals surface area contributed by atoms with Gasteiger partial charge in [-0.3, -0.25) is 15.0 Å². The number of hydrogen-bond acceptors (Lipinski definition) is 6. The molecule has 1 fully saturated rings. The minimum atomic E-state index is -0.810. The van der Waals surface area contributed by atoms with Crippen LogP contribution >= 0.6 is 34.9 Å². The number of benzene rings is 1. The van der Waals surface area contributed by atoms with E-state index in [9.17, 15) is 9.59 Å². The molecule has 1 saturated carbocycles. The maximum absolute atomic E-state index is 13.1. The van der Waals surface area contributed by atoms with Crippen molar-refractivity contribution in [1.82, 2.24) is 4.98 Å². The van der Waals surface area contributed by atoms with E-state index in [4.69, 9.17) is 5.11 Å². The van der Waals surface area contributed by atoms with Crippen LogP contribution < -0.4 is 10.2 Å². The van der Waals surface area contributed by atoms with Crippen molar-refractivity contribution in [3.05, 3.63) is 30.5 Å². The Morgan fingerprint density at radius 3 is 2.63 bits per heavy atom. The molecule has 1 unspecified atom stereocenters. The number of carboxylic acids is 1. The van der Waals surface area contributed by atoms with Crippen LogP contribution in [0.25, 0.3) is 0 Å². The highest BCUT2D eigenvalue weighted by Crippen LogP contribution is 2.31. The topological polar surface area (TPSA) is 82.5 Å². The third-order valence-corrected chi connectivity index (χ3v) is 8.25. The molecule has 0 saturated heterocycles. The predicted molar refractivity (Wildman–Crippen MR) is 126 cm³/mol. The maximum atomic E-state index is 13.1. The largest absolute Gasteiger partial charge is 0.481 e. The standard InChI is InChI=1S/C21H27N3O3S3/c1-14(19(25)26)13-29-18-11-22-20(30-18)23-21(27)24(12-15-5-3-4-6-15)16-7-9-17(28-2)10-8-16/h7-11,14-15H,3-6,12-13H2,1-2H3,(H,25,26)(H,22,23,27). The second kappa shape index (κ2) is 11.1. The fourth-order valence-electron chi connectivity index (χ4n) is 3.34. The van der Waals surface area contributed by atoms with Crippen molar-refractivity contribution in [3.8, 4) is 0 Å². The zero-order valence-corrected chi connectivity index (χ0v) is 19.6. The Hall–Kier alpha value is -1.71. The summed E-state index contributed by atoms with van der Waals surface area (Å²) in [5.74, 6) is -0.242. The lowest BCUT2D eigenvalue weighted by Gasteiger charge is -2.26. The summed E-state index contributed by atoms with van der Waals surface area (Å²) >= 11 is 4.50. The summed E-state index contributed by atoms with van der Waals surface area (Å²) in [5.41, 5.74) is 0.888. The monoisotopic (exact) mass is 465 g/mol. The molecule has 1 aliphatic carbocycles. The molecular weight excluding hydrogens is 438 g/mol. The number of nitrogens with zero attached hydrogens (tertiary/aromatic N) is 2. The van der Waals surface area contributed by atoms with Gasteiger partial charge in [0.05, 0.1) is 16.3 Å². The molecule has 0 spiro atoms. The van der Waals surface area contributed by atoms with Crippen LogP contribution in [0, 0.1) is 11.8 Å². The summed E-state index contributed by atoms with van der Waals surface area (Å²) < 4.78 is 0.894. The van der Waals surface area contributed by atoms with Crippen molar-refractivity contribution in [2.24, 2.45) is 11.8 Å². The zero-order chi connectivity index (χ0) is 21.5. The molecule has 2 N–H and O–H groups in total. The lowest BCUT2D eigenvalue weighted by atomic mass is 10.1. The normalized spacial score (nSPS) is 15.1. The average molecular weight is 466 g/mol. The molecule has 1 heterocycles. The first-order chi connectivity index (χ1) is 14.5. The Morgan fingerprint density at radius 2 is 2.00 bits per heavy atom. The number of carbonyl (C=O) groups is 2. The van der Waals surface area contributed by atoms with Crippen LogP contribution in [0.5, 0.6) is 0 Å². The van der Waals surface area contributed by atoms with Crippen LogP contribution in [-0.4, -0.2) is 40.6 Å². The van der Waals surface area contributed by atoms with Crippen molar-refractivity contribution in [2.75, 3.05) is 28.8 Å². The molecule has 1 atom stereocenters. The van der Waals surface area contributed by atoms with Gasteiger partial charge in [0, 0.05) is 22.9 Å². The second-order valence-electron chi connectivity index (χ2n) is 7.42. The van der Waals surface area contributed by atoms with Crippen LogP contribution in [0.15, 0.2) is 39.6 Å². The van der Waals surface area contributed by atoms with Gasteiger partial charge in [-0.25, -0.2) is 9.78 Å². The van der Waals surface area contributed by atoms with E-state index in [1.807, 2.05) is 35.4 Å². The summed E-state index contributed by atoms with van der Waals surface area (Å²) in [5, 5.41) is 12.5. The van der Waals surface area contributed by atoms with Crippen LogP contribution in [0.1, 0.15) is 32.6 Å². The maximum Gasteiger partial charge on any atom is 0.328 e. The molecule has 0 bridgehead atoms. The molecule has 1 aromatic heterocycles. The number of thiazole rings is 1. The highest BCUT2D eigenvalue weighted by Gasteiger charge is 2.24. The number of anilines is 2. The molecule has 9 heteroatoms. The summed E-state index contributed by atoms with van der Waals surface area (Å²) in [6.45, 7) is 2.38. The van der Waals surface area contributed by atoms with Crippen LogP contribution in [0.2, 0.25) is 0 Å². The summed E-state index contributed by atoms with van der Waals surface area (Å²) in [6.07, 6.45) is 8.50. The van der Waals surface area contributed by atoms with Crippen molar-refractivity contribution in [2.45, 2.75) is 41.7 Å². The van der Waals surface area contributed by atoms with Crippen molar-refractivity contribution in [1.29, 1.82) is 0 Å². The lowest BCUT2D eigenvalue weighted by Crippen LogP contribution is -2.38. The zero-order valence-electron chi connectivity index (χ0n) is 17.2. The van der Waals surface area contributed by atoms with Gasteiger partial charge in [-0.2, -0.15) is 0 Å². The number of rotatable bonds is 9. The number of amides is 2. The van der Waals surface area contributed by atoms with Gasteiger partial charge in [-0.1, -0.05) is 31.1 Å². The van der Waals surface area contributed by atoms with E-state index in [2.05, 4.69) is 10.3 Å². The van der Waals surface area contributed by atoms with Crippen LogP contribution in [-0.2, 0) is 4.79 Å². The Balaban J connectivity index is 1.67. The SMILES string of the molecule is CSc1ccc(N(CC2CCCC2)C(=O)Nc2ncc(SCC(C)C(=O)O)s2)cc1. The number of aromatic nitrogens is 1. The van der Waals surface area contributed by atoms with E-state index < -0.39 is 11.9 Å². The van der Waals surface area contributed by atoms with Gasteiger partial charge in [0.1, 0.15) is 0 Å². The minimum Gasteiger partial charge on any atom is -0.481 e. The number of urea groups is 1. The van der Waals surface area contributed by atoms with Gasteiger partial charge in [-0.15, -0.1) is 23.5 Å². The van der Waals surface area contributed by atoms with Gasteiger partial charge in [0.25, 0.3) is 0 Å². The number of aliphatic carboxylic acids is 1. The molecule has 1 aromatic carbocycles. The van der Waals surface area contributed by atoms with Gasteiger partial charge in [-0.05, 0) is 49.3 Å². The molecule has 162 valence electrons. The van der Waals surface area contributed by atoms with E-state index in [0.29, 0.717) is 23.3 Å². The highest BCUT2D eigenvalue weighted by molar-refractivity contribution is 8.01. The first kappa shape index (κ1) is 23.0. The van der Waals surface area contributed by atoms with Crippen LogP contribution in [0.4, 0.5) is 15.6 Å². The molecule has 2 amide bonds. The van der Waals surface area contributed by atoms with Gasteiger partial charge < -0.3 is 5.11 Å². The number of carbonyl (C=O) groups excluding carboxylic acids is 1. The van der Waals surface area contributed by atoms with Gasteiger partial charge >= 0.3 is 12.0 Å². The number of nitrogens with one attached hydrogen (secondary N) is 1. The number of carboxylic acid groups (broad SMARTS) is 1. The number of thioether (sulfide) groups is 2. The molecule has 6 nitrogen and oxygen atoms in total. The Labute approximate surface area is 189 Å². The lowest BCUT2D eigenvalue weighted by molar-refractivity contribution is -0.140. The minimum absolute atomic E-state index is 0.177. The van der Waals surface area contributed by atoms with Crippen molar-refractivity contribution < 1.29 is 14.7 Å². The molecule has 2 aromatic rings. The molecule has 0 radical (unpaired) electrons. The van der Waals surface area contributed by atoms with E-state index in [0.717, 1.165) is 27.6 Å².